The highest BCUT2D eigenvalue weighted by atomic mass is 19.1. The van der Waals surface area contributed by atoms with Crippen LogP contribution < -0.4 is 4.74 Å². The molecule has 114 valence electrons. The zero-order valence-electron chi connectivity index (χ0n) is 12.3. The van der Waals surface area contributed by atoms with Crippen molar-refractivity contribution in [1.82, 2.24) is 4.98 Å². The molecule has 2 aromatic carbocycles. The zero-order valence-corrected chi connectivity index (χ0v) is 12.3. The van der Waals surface area contributed by atoms with E-state index in [2.05, 4.69) is 4.98 Å². The first kappa shape index (κ1) is 14.9. The Kier molecular flexibility index (Phi) is 4.43. The van der Waals surface area contributed by atoms with Crippen LogP contribution in [0.15, 0.2) is 72.9 Å². The first-order valence-corrected chi connectivity index (χ1v) is 7.16. The molecule has 0 atom stereocenters. The molecule has 23 heavy (non-hydrogen) atoms. The smallest absolute Gasteiger partial charge is 0.214 e. The summed E-state index contributed by atoms with van der Waals surface area (Å²) < 4.78 is 19.3. The van der Waals surface area contributed by atoms with E-state index >= 15 is 0 Å². The average Bonchev–Trinajstić information content (AvgIpc) is 2.61. The van der Waals surface area contributed by atoms with E-state index in [1.54, 1.807) is 24.3 Å². The molecule has 1 heterocycles. The van der Waals surface area contributed by atoms with E-state index in [0.717, 1.165) is 5.56 Å². The largest absolute Gasteiger partial charge is 0.489 e. The normalized spacial score (nSPS) is 10.3. The Morgan fingerprint density at radius 1 is 0.957 bits per heavy atom. The molecule has 0 spiro atoms. The van der Waals surface area contributed by atoms with Gasteiger partial charge in [0.1, 0.15) is 18.1 Å². The summed E-state index contributed by atoms with van der Waals surface area (Å²) in [5.74, 6) is -0.425. The molecule has 3 nitrogen and oxygen atoms in total. The number of halogens is 1. The van der Waals surface area contributed by atoms with Crippen LogP contribution in [0.25, 0.3) is 0 Å². The molecule has 3 rings (SSSR count). The SMILES string of the molecule is O=C(c1ccc(OCc2ccccc2)cc1)c1ncccc1F. The number of rotatable bonds is 5. The monoisotopic (exact) mass is 307 g/mol. The lowest BCUT2D eigenvalue weighted by molar-refractivity contribution is 0.103. The van der Waals surface area contributed by atoms with Crippen molar-refractivity contribution in [1.29, 1.82) is 0 Å². The standard InChI is InChI=1S/C19H14FNO2/c20-17-7-4-12-21-18(17)19(22)15-8-10-16(11-9-15)23-13-14-5-2-1-3-6-14/h1-12H,13H2. The second-order valence-electron chi connectivity index (χ2n) is 4.96. The number of carbonyl (C=O) groups is 1. The van der Waals surface area contributed by atoms with Gasteiger partial charge in [-0.25, -0.2) is 9.37 Å². The Morgan fingerprint density at radius 2 is 1.70 bits per heavy atom. The summed E-state index contributed by atoms with van der Waals surface area (Å²) in [4.78, 5) is 16.0. The lowest BCUT2D eigenvalue weighted by Gasteiger charge is -2.07. The molecule has 0 fully saturated rings. The number of nitrogens with zero attached hydrogens (tertiary/aromatic N) is 1. The molecule has 0 amide bonds. The van der Waals surface area contributed by atoms with Crippen molar-refractivity contribution in [3.05, 3.63) is 95.6 Å². The van der Waals surface area contributed by atoms with E-state index in [9.17, 15) is 9.18 Å². The number of aromatic nitrogens is 1. The van der Waals surface area contributed by atoms with E-state index in [0.29, 0.717) is 17.9 Å². The van der Waals surface area contributed by atoms with Gasteiger partial charge in [-0.3, -0.25) is 4.79 Å². The number of hydrogen-bond donors (Lipinski definition) is 0. The Labute approximate surface area is 133 Å². The van der Waals surface area contributed by atoms with Crippen LogP contribution in [0.4, 0.5) is 4.39 Å². The maximum Gasteiger partial charge on any atom is 0.214 e. The number of ether oxygens (including phenoxy) is 1. The predicted octanol–water partition coefficient (Wildman–Crippen LogP) is 4.03. The summed E-state index contributed by atoms with van der Waals surface area (Å²) >= 11 is 0. The van der Waals surface area contributed by atoms with Crippen molar-refractivity contribution in [2.45, 2.75) is 6.61 Å². The first-order valence-electron chi connectivity index (χ1n) is 7.16. The number of ketones is 1. The summed E-state index contributed by atoms with van der Waals surface area (Å²) in [5.41, 5.74) is 1.25. The summed E-state index contributed by atoms with van der Waals surface area (Å²) in [6.45, 7) is 0.447. The number of hydrogen-bond acceptors (Lipinski definition) is 3. The molecule has 0 saturated heterocycles. The van der Waals surface area contributed by atoms with Crippen molar-refractivity contribution >= 4 is 5.78 Å². The van der Waals surface area contributed by atoms with Gasteiger partial charge in [0.25, 0.3) is 0 Å². The highest BCUT2D eigenvalue weighted by Gasteiger charge is 2.14. The van der Waals surface area contributed by atoms with Gasteiger partial charge in [-0.15, -0.1) is 0 Å². The van der Waals surface area contributed by atoms with E-state index in [-0.39, 0.29) is 5.69 Å². The van der Waals surface area contributed by atoms with Gasteiger partial charge in [-0.05, 0) is 42.0 Å². The lowest BCUT2D eigenvalue weighted by Crippen LogP contribution is -2.06. The van der Waals surface area contributed by atoms with Gasteiger partial charge >= 0.3 is 0 Å². The fourth-order valence-electron chi connectivity index (χ4n) is 2.13. The number of pyridine rings is 1. The fraction of sp³-hybridized carbons (Fsp3) is 0.0526. The van der Waals surface area contributed by atoms with Crippen LogP contribution >= 0.6 is 0 Å². The first-order chi connectivity index (χ1) is 11.2. The highest BCUT2D eigenvalue weighted by molar-refractivity contribution is 6.07. The minimum absolute atomic E-state index is 0.176. The second-order valence-corrected chi connectivity index (χ2v) is 4.96. The molecular formula is C19H14FNO2. The van der Waals surface area contributed by atoms with E-state index in [1.807, 2.05) is 30.3 Å². The van der Waals surface area contributed by atoms with Crippen LogP contribution in [0.1, 0.15) is 21.6 Å². The van der Waals surface area contributed by atoms with Crippen LogP contribution in [0.3, 0.4) is 0 Å². The predicted molar refractivity (Wildman–Crippen MR) is 84.8 cm³/mol. The number of carbonyl (C=O) groups excluding carboxylic acids is 1. The minimum Gasteiger partial charge on any atom is -0.489 e. The van der Waals surface area contributed by atoms with Gasteiger partial charge in [-0.1, -0.05) is 30.3 Å². The fourth-order valence-corrected chi connectivity index (χ4v) is 2.13. The third kappa shape index (κ3) is 3.61. The van der Waals surface area contributed by atoms with Crippen LogP contribution in [0.5, 0.6) is 5.75 Å². The van der Waals surface area contributed by atoms with Crippen molar-refractivity contribution in [2.75, 3.05) is 0 Å². The molecule has 0 aliphatic rings. The number of benzene rings is 2. The summed E-state index contributed by atoms with van der Waals surface area (Å²) in [5, 5.41) is 0. The third-order valence-electron chi connectivity index (χ3n) is 3.34. The van der Waals surface area contributed by atoms with Crippen LogP contribution in [0, 0.1) is 5.82 Å². The second kappa shape index (κ2) is 6.83. The Hall–Kier alpha value is -3.01. The Morgan fingerprint density at radius 3 is 2.39 bits per heavy atom. The average molecular weight is 307 g/mol. The molecule has 0 aliphatic carbocycles. The van der Waals surface area contributed by atoms with E-state index in [4.69, 9.17) is 4.74 Å². The summed E-state index contributed by atoms with van der Waals surface area (Å²) in [6, 6.07) is 19.1. The third-order valence-corrected chi connectivity index (χ3v) is 3.34. The van der Waals surface area contributed by atoms with E-state index < -0.39 is 11.6 Å². The maximum atomic E-state index is 13.6. The quantitative estimate of drug-likeness (QED) is 0.668. The molecule has 4 heteroatoms. The van der Waals surface area contributed by atoms with Crippen molar-refractivity contribution in [2.24, 2.45) is 0 Å². The summed E-state index contributed by atoms with van der Waals surface area (Å²) in [7, 11) is 0. The molecule has 0 saturated carbocycles. The van der Waals surface area contributed by atoms with E-state index in [1.165, 1.54) is 18.3 Å². The minimum atomic E-state index is -0.623. The zero-order chi connectivity index (χ0) is 16.1. The Balaban J connectivity index is 1.70. The van der Waals surface area contributed by atoms with Crippen LogP contribution in [-0.2, 0) is 6.61 Å². The molecule has 0 aliphatic heterocycles. The summed E-state index contributed by atoms with van der Waals surface area (Å²) in [6.07, 6.45) is 1.40. The molecule has 1 aromatic heterocycles. The van der Waals surface area contributed by atoms with Crippen LogP contribution in [0.2, 0.25) is 0 Å². The van der Waals surface area contributed by atoms with Crippen molar-refractivity contribution in [3.8, 4) is 5.75 Å². The van der Waals surface area contributed by atoms with Crippen molar-refractivity contribution < 1.29 is 13.9 Å². The lowest BCUT2D eigenvalue weighted by atomic mass is 10.1. The topological polar surface area (TPSA) is 39.2 Å². The van der Waals surface area contributed by atoms with Gasteiger partial charge in [0.05, 0.1) is 0 Å². The maximum absolute atomic E-state index is 13.6. The molecule has 0 radical (unpaired) electrons. The Bertz CT molecular complexity index is 801. The van der Waals surface area contributed by atoms with Crippen LogP contribution in [-0.4, -0.2) is 10.8 Å². The molecular weight excluding hydrogens is 293 g/mol. The van der Waals surface area contributed by atoms with Gasteiger partial charge < -0.3 is 4.74 Å². The van der Waals surface area contributed by atoms with Crippen molar-refractivity contribution in [3.63, 3.8) is 0 Å². The van der Waals surface area contributed by atoms with Gasteiger partial charge in [0, 0.05) is 11.8 Å². The molecule has 0 N–H and O–H groups in total. The van der Waals surface area contributed by atoms with Gasteiger partial charge in [-0.2, -0.15) is 0 Å². The molecule has 0 bridgehead atoms. The molecule has 0 unspecified atom stereocenters. The highest BCUT2D eigenvalue weighted by Crippen LogP contribution is 2.17. The molecule has 3 aromatic rings. The van der Waals surface area contributed by atoms with Gasteiger partial charge in [0.2, 0.25) is 5.78 Å². The van der Waals surface area contributed by atoms with Gasteiger partial charge in [0.15, 0.2) is 5.82 Å².